The topological polar surface area (TPSA) is 156 Å². The van der Waals surface area contributed by atoms with Crippen LogP contribution in [0, 0.1) is 0 Å². The van der Waals surface area contributed by atoms with E-state index < -0.39 is 48.3 Å². The highest BCUT2D eigenvalue weighted by Gasteiger charge is 2.39. The molecular formula is C9H18N2O6S. The highest BCUT2D eigenvalue weighted by atomic mass is 32.2. The van der Waals surface area contributed by atoms with Gasteiger partial charge >= 0.3 is 5.97 Å². The predicted molar refractivity (Wildman–Crippen MR) is 63.9 cm³/mol. The number of hydrogen-bond acceptors (Lipinski definition) is 8. The van der Waals surface area contributed by atoms with E-state index in [4.69, 9.17) is 15.9 Å². The molecule has 0 aromatic rings. The fourth-order valence-corrected chi connectivity index (χ4v) is 2.88. The minimum atomic E-state index is -1.59. The summed E-state index contributed by atoms with van der Waals surface area (Å²) in [7, 11) is 0. The second kappa shape index (κ2) is 6.66. The Hall–Kier alpha value is -0.420. The van der Waals surface area contributed by atoms with Gasteiger partial charge in [-0.2, -0.15) is 0 Å². The number of aliphatic hydroxyl groups is 4. The van der Waals surface area contributed by atoms with E-state index in [1.807, 2.05) is 0 Å². The summed E-state index contributed by atoms with van der Waals surface area (Å²) in [6.07, 6.45) is -4.55. The number of rotatable bonds is 6. The van der Waals surface area contributed by atoms with Gasteiger partial charge in [0.2, 0.25) is 0 Å². The Labute approximate surface area is 108 Å². The van der Waals surface area contributed by atoms with Crippen LogP contribution >= 0.6 is 11.8 Å². The lowest BCUT2D eigenvalue weighted by Crippen LogP contribution is -2.56. The predicted octanol–water partition coefficient (Wildman–Crippen LogP) is -3.50. The molecule has 1 unspecified atom stereocenters. The Morgan fingerprint density at radius 2 is 2.00 bits per heavy atom. The summed E-state index contributed by atoms with van der Waals surface area (Å²) < 4.78 is 0. The molecule has 1 aliphatic heterocycles. The number of hydrogen-bond donors (Lipinski definition) is 7. The van der Waals surface area contributed by atoms with Crippen LogP contribution in [0.5, 0.6) is 0 Å². The monoisotopic (exact) mass is 282 g/mol. The van der Waals surface area contributed by atoms with Crippen molar-refractivity contribution in [2.24, 2.45) is 5.73 Å². The number of carboxylic acid groups (broad SMARTS) is 1. The molecule has 6 atom stereocenters. The van der Waals surface area contributed by atoms with Gasteiger partial charge in [0.15, 0.2) is 0 Å². The molecule has 8 nitrogen and oxygen atoms in total. The molecule has 1 aliphatic rings. The van der Waals surface area contributed by atoms with Crippen molar-refractivity contribution < 1.29 is 30.3 Å². The average Bonchev–Trinajstić information content (AvgIpc) is 2.84. The zero-order valence-corrected chi connectivity index (χ0v) is 10.3. The highest BCUT2D eigenvalue weighted by molar-refractivity contribution is 8.00. The standard InChI is InChI=1S/C9H18N2O6S/c10-5(7(15)6(14)4(13)1-12)8-11-3(2-18-8)9(16)17/h3-8,11-15H,1-2,10H2,(H,16,17)/t3-,4+,5+,6+,7+,8?/m0/s1. The number of aliphatic carboxylic acids is 1. The summed E-state index contributed by atoms with van der Waals surface area (Å²) in [5.74, 6) is -0.707. The molecule has 0 saturated carbocycles. The van der Waals surface area contributed by atoms with Gasteiger partial charge in [-0.05, 0) is 0 Å². The largest absolute Gasteiger partial charge is 0.480 e. The van der Waals surface area contributed by atoms with Gasteiger partial charge in [0, 0.05) is 5.75 Å². The van der Waals surface area contributed by atoms with Crippen molar-refractivity contribution in [3.05, 3.63) is 0 Å². The number of aliphatic hydroxyl groups excluding tert-OH is 4. The maximum absolute atomic E-state index is 10.7. The zero-order valence-electron chi connectivity index (χ0n) is 9.51. The van der Waals surface area contributed by atoms with E-state index in [0.29, 0.717) is 5.75 Å². The molecule has 1 saturated heterocycles. The van der Waals surface area contributed by atoms with Crippen molar-refractivity contribution in [1.82, 2.24) is 5.32 Å². The van der Waals surface area contributed by atoms with Crippen LogP contribution in [0.2, 0.25) is 0 Å². The number of nitrogens with two attached hydrogens (primary N) is 1. The van der Waals surface area contributed by atoms with E-state index in [1.54, 1.807) is 0 Å². The molecule has 0 bridgehead atoms. The molecule has 106 valence electrons. The van der Waals surface area contributed by atoms with Crippen LogP contribution in [0.4, 0.5) is 0 Å². The molecule has 1 fully saturated rings. The third kappa shape index (κ3) is 3.54. The van der Waals surface area contributed by atoms with E-state index >= 15 is 0 Å². The van der Waals surface area contributed by atoms with E-state index in [9.17, 15) is 20.1 Å². The summed E-state index contributed by atoms with van der Waals surface area (Å²) in [6.45, 7) is -0.700. The fourth-order valence-electron chi connectivity index (χ4n) is 1.60. The minimum absolute atomic E-state index is 0.305. The van der Waals surface area contributed by atoms with Crippen LogP contribution in [0.25, 0.3) is 0 Å². The van der Waals surface area contributed by atoms with Crippen LogP contribution in [-0.4, -0.2) is 79.6 Å². The molecule has 1 heterocycles. The first-order chi connectivity index (χ1) is 8.38. The third-order valence-electron chi connectivity index (χ3n) is 2.78. The first-order valence-corrected chi connectivity index (χ1v) is 6.44. The van der Waals surface area contributed by atoms with Crippen molar-refractivity contribution in [1.29, 1.82) is 0 Å². The summed E-state index contributed by atoms with van der Waals surface area (Å²) in [6, 6.07) is -1.71. The molecular weight excluding hydrogens is 264 g/mol. The third-order valence-corrected chi connectivity index (χ3v) is 4.12. The fraction of sp³-hybridized carbons (Fsp3) is 0.889. The van der Waals surface area contributed by atoms with Crippen molar-refractivity contribution in [3.8, 4) is 0 Å². The van der Waals surface area contributed by atoms with E-state index in [0.717, 1.165) is 0 Å². The Morgan fingerprint density at radius 3 is 2.44 bits per heavy atom. The second-order valence-corrected chi connectivity index (χ2v) is 5.29. The van der Waals surface area contributed by atoms with Crippen LogP contribution in [0.15, 0.2) is 0 Å². The first kappa shape index (κ1) is 15.6. The lowest BCUT2D eigenvalue weighted by atomic mass is 10.0. The van der Waals surface area contributed by atoms with E-state index in [1.165, 1.54) is 11.8 Å². The maximum atomic E-state index is 10.7. The molecule has 9 heteroatoms. The van der Waals surface area contributed by atoms with Gasteiger partial charge in [0.05, 0.1) is 24.1 Å². The van der Waals surface area contributed by atoms with Crippen molar-refractivity contribution in [2.75, 3.05) is 12.4 Å². The molecule has 8 N–H and O–H groups in total. The van der Waals surface area contributed by atoms with Crippen LogP contribution < -0.4 is 11.1 Å². The number of carbonyl (C=O) groups is 1. The van der Waals surface area contributed by atoms with E-state index in [2.05, 4.69) is 5.32 Å². The summed E-state index contributed by atoms with van der Waals surface area (Å²) in [4.78, 5) is 10.7. The summed E-state index contributed by atoms with van der Waals surface area (Å²) >= 11 is 1.22. The van der Waals surface area contributed by atoms with Gasteiger partial charge < -0.3 is 31.3 Å². The van der Waals surface area contributed by atoms with Gasteiger partial charge in [-0.25, -0.2) is 0 Å². The van der Waals surface area contributed by atoms with Crippen LogP contribution in [-0.2, 0) is 4.79 Å². The Bertz CT molecular complexity index is 294. The van der Waals surface area contributed by atoms with Gasteiger partial charge in [0.1, 0.15) is 18.2 Å². The van der Waals surface area contributed by atoms with Crippen LogP contribution in [0.1, 0.15) is 0 Å². The molecule has 0 aromatic heterocycles. The molecule has 0 aromatic carbocycles. The molecule has 18 heavy (non-hydrogen) atoms. The number of nitrogens with one attached hydrogen (secondary N) is 1. The first-order valence-electron chi connectivity index (χ1n) is 5.39. The lowest BCUT2D eigenvalue weighted by molar-refractivity contribution is -0.138. The normalized spacial score (nSPS) is 30.7. The summed E-state index contributed by atoms with van der Waals surface area (Å²) in [5.41, 5.74) is 5.70. The minimum Gasteiger partial charge on any atom is -0.480 e. The van der Waals surface area contributed by atoms with Gasteiger partial charge in [-0.3, -0.25) is 10.1 Å². The highest BCUT2D eigenvalue weighted by Crippen LogP contribution is 2.23. The zero-order chi connectivity index (χ0) is 13.9. The quantitative estimate of drug-likeness (QED) is 0.262. The van der Waals surface area contributed by atoms with Gasteiger partial charge in [0.25, 0.3) is 0 Å². The Kier molecular flexibility index (Phi) is 5.79. The van der Waals surface area contributed by atoms with Crippen molar-refractivity contribution in [2.45, 2.75) is 35.8 Å². The Morgan fingerprint density at radius 1 is 1.39 bits per heavy atom. The average molecular weight is 282 g/mol. The maximum Gasteiger partial charge on any atom is 0.321 e. The molecule has 0 amide bonds. The van der Waals surface area contributed by atoms with Gasteiger partial charge in [-0.15, -0.1) is 11.8 Å². The van der Waals surface area contributed by atoms with Gasteiger partial charge in [-0.1, -0.05) is 0 Å². The molecule has 0 spiro atoms. The summed E-state index contributed by atoms with van der Waals surface area (Å²) in [5, 5.41) is 48.0. The number of carboxylic acids is 1. The molecule has 0 aliphatic carbocycles. The second-order valence-electron chi connectivity index (χ2n) is 4.12. The SMILES string of the molecule is N[C@@H](C1N[C@H](C(=O)O)CS1)[C@@H](O)[C@H](O)[C@H](O)CO. The Balaban J connectivity index is 2.54. The number of thioether (sulfide) groups is 1. The lowest BCUT2D eigenvalue weighted by Gasteiger charge is -2.29. The molecule has 0 radical (unpaired) electrons. The van der Waals surface area contributed by atoms with Crippen LogP contribution in [0.3, 0.4) is 0 Å². The van der Waals surface area contributed by atoms with E-state index in [-0.39, 0.29) is 0 Å². The van der Waals surface area contributed by atoms with Crippen molar-refractivity contribution >= 4 is 17.7 Å². The van der Waals surface area contributed by atoms with Crippen molar-refractivity contribution in [3.63, 3.8) is 0 Å². The molecule has 1 rings (SSSR count). The smallest absolute Gasteiger partial charge is 0.321 e.